The van der Waals surface area contributed by atoms with Crippen molar-refractivity contribution in [2.75, 3.05) is 13.2 Å². The monoisotopic (exact) mass is 363 g/mol. The fraction of sp³-hybridized carbons (Fsp3) is 0.400. The van der Waals surface area contributed by atoms with E-state index < -0.39 is 0 Å². The van der Waals surface area contributed by atoms with E-state index in [9.17, 15) is 5.11 Å². The fourth-order valence-electron chi connectivity index (χ4n) is 3.68. The average molecular weight is 364 g/mol. The molecule has 2 aromatic carbocycles. The number of piperidine rings is 1. The molecular formula is C20H23Cl2NO. The third kappa shape index (κ3) is 4.12. The minimum atomic E-state index is 0.0591. The summed E-state index contributed by atoms with van der Waals surface area (Å²) in [4.78, 5) is 2.50. The van der Waals surface area contributed by atoms with Crippen molar-refractivity contribution in [2.45, 2.75) is 37.8 Å². The minimum absolute atomic E-state index is 0.0591. The third-order valence-corrected chi connectivity index (χ3v) is 5.66. The molecule has 2 aromatic rings. The molecule has 4 heteroatoms. The highest BCUT2D eigenvalue weighted by molar-refractivity contribution is 6.42. The van der Waals surface area contributed by atoms with E-state index in [1.807, 2.05) is 24.3 Å². The highest BCUT2D eigenvalue weighted by Gasteiger charge is 2.30. The van der Waals surface area contributed by atoms with Crippen molar-refractivity contribution in [3.63, 3.8) is 0 Å². The first-order chi connectivity index (χ1) is 11.7. The molecule has 3 rings (SSSR count). The van der Waals surface area contributed by atoms with Crippen LogP contribution in [0.1, 0.15) is 36.3 Å². The molecule has 0 spiro atoms. The Bertz CT molecular complexity index is 662. The third-order valence-electron chi connectivity index (χ3n) is 4.93. The van der Waals surface area contributed by atoms with Crippen molar-refractivity contribution in [3.8, 4) is 0 Å². The topological polar surface area (TPSA) is 23.5 Å². The van der Waals surface area contributed by atoms with E-state index in [0.29, 0.717) is 16.1 Å². The van der Waals surface area contributed by atoms with Crippen molar-refractivity contribution in [1.29, 1.82) is 0 Å². The summed E-state index contributed by atoms with van der Waals surface area (Å²) in [6.45, 7) is 2.11. The van der Waals surface area contributed by atoms with Crippen LogP contribution in [0, 0.1) is 0 Å². The fourth-order valence-corrected chi connectivity index (χ4v) is 3.99. The Kier molecular flexibility index (Phi) is 6.18. The predicted molar refractivity (Wildman–Crippen MR) is 101 cm³/mol. The summed E-state index contributed by atoms with van der Waals surface area (Å²) in [6, 6.07) is 16.6. The van der Waals surface area contributed by atoms with Crippen molar-refractivity contribution in [3.05, 3.63) is 69.7 Å². The van der Waals surface area contributed by atoms with Gasteiger partial charge >= 0.3 is 0 Å². The zero-order valence-corrected chi connectivity index (χ0v) is 15.2. The molecule has 2 atom stereocenters. The number of hydrogen-bond donors (Lipinski definition) is 1. The molecule has 128 valence electrons. The number of halogens is 2. The van der Waals surface area contributed by atoms with E-state index in [0.717, 1.165) is 25.1 Å². The first-order valence-electron chi connectivity index (χ1n) is 8.53. The molecule has 0 radical (unpaired) electrons. The largest absolute Gasteiger partial charge is 0.396 e. The van der Waals surface area contributed by atoms with Gasteiger partial charge in [-0.2, -0.15) is 0 Å². The molecule has 1 fully saturated rings. The molecule has 24 heavy (non-hydrogen) atoms. The van der Waals surface area contributed by atoms with Gasteiger partial charge in [-0.05, 0) is 42.6 Å². The van der Waals surface area contributed by atoms with Gasteiger partial charge in [0.1, 0.15) is 0 Å². The first kappa shape index (κ1) is 17.8. The van der Waals surface area contributed by atoms with Crippen LogP contribution in [0.5, 0.6) is 0 Å². The van der Waals surface area contributed by atoms with E-state index >= 15 is 0 Å². The molecule has 1 N–H and O–H groups in total. The molecule has 0 amide bonds. The van der Waals surface area contributed by atoms with Gasteiger partial charge in [-0.15, -0.1) is 0 Å². The predicted octanol–water partition coefficient (Wildman–Crippen LogP) is 5.12. The van der Waals surface area contributed by atoms with Gasteiger partial charge in [-0.3, -0.25) is 4.90 Å². The summed E-state index contributed by atoms with van der Waals surface area (Å²) in [5.41, 5.74) is 2.38. The second-order valence-electron chi connectivity index (χ2n) is 6.48. The molecule has 1 heterocycles. The highest BCUT2D eigenvalue weighted by atomic mass is 35.5. The molecule has 1 aliphatic heterocycles. The van der Waals surface area contributed by atoms with Gasteiger partial charge in [0.25, 0.3) is 0 Å². The van der Waals surface area contributed by atoms with Crippen molar-refractivity contribution >= 4 is 23.2 Å². The minimum Gasteiger partial charge on any atom is -0.396 e. The van der Waals surface area contributed by atoms with Gasteiger partial charge in [0.2, 0.25) is 0 Å². The lowest BCUT2D eigenvalue weighted by atomic mass is 9.85. The number of benzene rings is 2. The van der Waals surface area contributed by atoms with Crippen LogP contribution in [0.25, 0.3) is 0 Å². The summed E-state index contributed by atoms with van der Waals surface area (Å²) in [5, 5.41) is 11.2. The van der Waals surface area contributed by atoms with Gasteiger partial charge in [0, 0.05) is 18.5 Å². The Labute approximate surface area is 154 Å². The molecule has 1 saturated heterocycles. The Morgan fingerprint density at radius 2 is 1.83 bits per heavy atom. The lowest BCUT2D eigenvalue weighted by Gasteiger charge is -2.40. The van der Waals surface area contributed by atoms with Crippen LogP contribution in [0.4, 0.5) is 0 Å². The second kappa shape index (κ2) is 8.35. The van der Waals surface area contributed by atoms with Crippen molar-refractivity contribution in [2.24, 2.45) is 0 Å². The molecule has 0 aliphatic carbocycles. The smallest absolute Gasteiger partial charge is 0.0595 e. The van der Waals surface area contributed by atoms with Crippen LogP contribution in [0.2, 0.25) is 10.0 Å². The molecule has 0 saturated carbocycles. The summed E-state index contributed by atoms with van der Waals surface area (Å²) in [6.07, 6.45) is 3.51. The maximum atomic E-state index is 10.1. The number of aliphatic hydroxyl groups is 1. The summed E-state index contributed by atoms with van der Waals surface area (Å²) in [5.74, 6) is 0.0591. The zero-order chi connectivity index (χ0) is 16.9. The maximum absolute atomic E-state index is 10.1. The Balaban J connectivity index is 1.83. The number of likely N-dealkylation sites (tertiary alicyclic amines) is 1. The normalized spacial score (nSPS) is 20.0. The van der Waals surface area contributed by atoms with E-state index in [1.54, 1.807) is 0 Å². The van der Waals surface area contributed by atoms with E-state index in [-0.39, 0.29) is 12.5 Å². The molecule has 0 bridgehead atoms. The molecule has 2 nitrogen and oxygen atoms in total. The molecule has 1 aliphatic rings. The van der Waals surface area contributed by atoms with E-state index in [4.69, 9.17) is 23.2 Å². The quantitative estimate of drug-likeness (QED) is 0.796. The summed E-state index contributed by atoms with van der Waals surface area (Å²) in [7, 11) is 0. The summed E-state index contributed by atoms with van der Waals surface area (Å²) < 4.78 is 0. The molecule has 0 aromatic heterocycles. The van der Waals surface area contributed by atoms with Gasteiger partial charge < -0.3 is 5.11 Å². The molecule has 0 unspecified atom stereocenters. The number of rotatable bonds is 5. The number of nitrogens with zero attached hydrogens (tertiary/aromatic N) is 1. The van der Waals surface area contributed by atoms with Gasteiger partial charge in [0.15, 0.2) is 0 Å². The van der Waals surface area contributed by atoms with Crippen LogP contribution in [-0.4, -0.2) is 29.2 Å². The Morgan fingerprint density at radius 1 is 1.04 bits per heavy atom. The Morgan fingerprint density at radius 3 is 2.54 bits per heavy atom. The number of hydrogen-bond acceptors (Lipinski definition) is 2. The van der Waals surface area contributed by atoms with Gasteiger partial charge in [-0.25, -0.2) is 0 Å². The van der Waals surface area contributed by atoms with Crippen LogP contribution < -0.4 is 0 Å². The summed E-state index contributed by atoms with van der Waals surface area (Å²) >= 11 is 12.2. The SMILES string of the molecule is OC[C@H](c1ccc(Cl)c(Cl)c1)[C@H]1CCCCN1Cc1ccccc1. The van der Waals surface area contributed by atoms with Gasteiger partial charge in [0.05, 0.1) is 16.7 Å². The van der Waals surface area contributed by atoms with Crippen LogP contribution in [0.3, 0.4) is 0 Å². The van der Waals surface area contributed by atoms with Crippen LogP contribution in [0.15, 0.2) is 48.5 Å². The average Bonchev–Trinajstić information content (AvgIpc) is 2.61. The van der Waals surface area contributed by atoms with Gasteiger partial charge in [-0.1, -0.05) is 66.0 Å². The van der Waals surface area contributed by atoms with Crippen molar-refractivity contribution in [1.82, 2.24) is 4.90 Å². The highest BCUT2D eigenvalue weighted by Crippen LogP contribution is 2.34. The lowest BCUT2D eigenvalue weighted by Crippen LogP contribution is -2.43. The standard InChI is InChI=1S/C20H23Cl2NO/c21-18-10-9-16(12-19(18)22)17(14-24)20-8-4-5-11-23(20)13-15-6-2-1-3-7-15/h1-3,6-7,9-10,12,17,20,24H,4-5,8,11,13-14H2/t17-,20-/m1/s1. The Hall–Kier alpha value is -1.06. The zero-order valence-electron chi connectivity index (χ0n) is 13.7. The maximum Gasteiger partial charge on any atom is 0.0595 e. The van der Waals surface area contributed by atoms with E-state index in [2.05, 4.69) is 29.2 Å². The van der Waals surface area contributed by atoms with Crippen LogP contribution in [-0.2, 0) is 6.54 Å². The van der Waals surface area contributed by atoms with Crippen LogP contribution >= 0.6 is 23.2 Å². The first-order valence-corrected chi connectivity index (χ1v) is 9.28. The van der Waals surface area contributed by atoms with E-state index in [1.165, 1.54) is 18.4 Å². The lowest BCUT2D eigenvalue weighted by molar-refractivity contribution is 0.0923. The second-order valence-corrected chi connectivity index (χ2v) is 7.30. The molecular weight excluding hydrogens is 341 g/mol. The van der Waals surface area contributed by atoms with Crippen molar-refractivity contribution < 1.29 is 5.11 Å². The number of aliphatic hydroxyl groups excluding tert-OH is 1.